The van der Waals surface area contributed by atoms with Crippen LogP contribution in [0, 0.1) is 0 Å². The first-order chi connectivity index (χ1) is 10.1. The smallest absolute Gasteiger partial charge is 0.212 e. The first-order valence-corrected chi connectivity index (χ1v) is 9.20. The van der Waals surface area contributed by atoms with E-state index in [1.54, 1.807) is 0 Å². The molecular formula is C15H24N2O3S. The molecule has 0 amide bonds. The third kappa shape index (κ3) is 4.98. The highest BCUT2D eigenvalue weighted by atomic mass is 32.2. The van der Waals surface area contributed by atoms with Crippen LogP contribution in [0.1, 0.15) is 37.8 Å². The molecule has 1 aliphatic heterocycles. The normalized spacial score (nSPS) is 18.0. The molecule has 0 aliphatic carbocycles. The Morgan fingerprint density at radius 1 is 1.29 bits per heavy atom. The molecule has 0 radical (unpaired) electrons. The van der Waals surface area contributed by atoms with Gasteiger partial charge in [0.1, 0.15) is 5.75 Å². The Balaban J connectivity index is 1.89. The second-order valence-corrected chi connectivity index (χ2v) is 7.14. The lowest BCUT2D eigenvalue weighted by molar-refractivity contribution is 0.263. The fourth-order valence-electron chi connectivity index (χ4n) is 2.43. The molecular weight excluding hydrogens is 288 g/mol. The first-order valence-electron chi connectivity index (χ1n) is 7.55. The zero-order valence-electron chi connectivity index (χ0n) is 12.5. The van der Waals surface area contributed by atoms with Gasteiger partial charge in [0.15, 0.2) is 0 Å². The van der Waals surface area contributed by atoms with Gasteiger partial charge in [0.25, 0.3) is 0 Å². The Bertz CT molecular complexity index is 546. The summed E-state index contributed by atoms with van der Waals surface area (Å²) in [6.07, 6.45) is 2.36. The van der Waals surface area contributed by atoms with Crippen LogP contribution in [0.15, 0.2) is 24.3 Å². The van der Waals surface area contributed by atoms with Crippen LogP contribution in [0.5, 0.6) is 5.75 Å². The summed E-state index contributed by atoms with van der Waals surface area (Å²) in [6, 6.07) is 7.43. The van der Waals surface area contributed by atoms with Crippen molar-refractivity contribution in [3.63, 3.8) is 0 Å². The number of sulfonamides is 1. The van der Waals surface area contributed by atoms with Gasteiger partial charge in [0.05, 0.1) is 18.4 Å². The fraction of sp³-hybridized carbons (Fsp3) is 0.600. The summed E-state index contributed by atoms with van der Waals surface area (Å²) < 4.78 is 32.7. The highest BCUT2D eigenvalue weighted by Crippen LogP contribution is 2.31. The molecule has 1 heterocycles. The summed E-state index contributed by atoms with van der Waals surface area (Å²) >= 11 is 0. The average molecular weight is 312 g/mol. The Morgan fingerprint density at radius 3 is 2.90 bits per heavy atom. The van der Waals surface area contributed by atoms with Crippen molar-refractivity contribution in [2.75, 3.05) is 25.4 Å². The highest BCUT2D eigenvalue weighted by molar-refractivity contribution is 7.89. The maximum atomic E-state index is 12.2. The predicted molar refractivity (Wildman–Crippen MR) is 84.0 cm³/mol. The third-order valence-electron chi connectivity index (χ3n) is 3.47. The van der Waals surface area contributed by atoms with Crippen molar-refractivity contribution in [3.8, 4) is 5.75 Å². The zero-order chi connectivity index (χ0) is 15.1. The molecule has 0 spiro atoms. The lowest BCUT2D eigenvalue weighted by atomic mass is 10.0. The van der Waals surface area contributed by atoms with Crippen LogP contribution in [0.3, 0.4) is 0 Å². The van der Waals surface area contributed by atoms with Crippen LogP contribution < -0.4 is 14.8 Å². The molecule has 6 heteroatoms. The quantitative estimate of drug-likeness (QED) is 0.719. The second-order valence-electron chi connectivity index (χ2n) is 5.27. The minimum atomic E-state index is -3.26. The molecule has 0 bridgehead atoms. The van der Waals surface area contributed by atoms with Gasteiger partial charge >= 0.3 is 0 Å². The molecule has 5 nitrogen and oxygen atoms in total. The van der Waals surface area contributed by atoms with Crippen molar-refractivity contribution < 1.29 is 13.2 Å². The van der Waals surface area contributed by atoms with E-state index < -0.39 is 10.0 Å². The van der Waals surface area contributed by atoms with Gasteiger partial charge in [0, 0.05) is 12.0 Å². The van der Waals surface area contributed by atoms with E-state index in [-0.39, 0.29) is 11.8 Å². The molecule has 1 atom stereocenters. The maximum Gasteiger partial charge on any atom is 0.212 e. The summed E-state index contributed by atoms with van der Waals surface area (Å²) in [5.74, 6) is 0.935. The summed E-state index contributed by atoms with van der Waals surface area (Å²) in [5.41, 5.74) is 0.927. The average Bonchev–Trinajstić information content (AvgIpc) is 2.47. The van der Waals surface area contributed by atoms with Crippen LogP contribution in [-0.4, -0.2) is 33.9 Å². The third-order valence-corrected chi connectivity index (χ3v) is 4.94. The zero-order valence-corrected chi connectivity index (χ0v) is 13.3. The van der Waals surface area contributed by atoms with Gasteiger partial charge in [-0.15, -0.1) is 0 Å². The standard InChI is InChI=1S/C15H24N2O3S/c1-2-9-16-10-5-12-21(18,19)17-14-8-11-20-15-7-4-3-6-13(14)15/h3-4,6-7,14,16-17H,2,5,8-12H2,1H3. The van der Waals surface area contributed by atoms with Crippen molar-refractivity contribution >= 4 is 10.0 Å². The molecule has 21 heavy (non-hydrogen) atoms. The molecule has 0 saturated heterocycles. The molecule has 118 valence electrons. The van der Waals surface area contributed by atoms with E-state index in [0.717, 1.165) is 30.8 Å². The lowest BCUT2D eigenvalue weighted by Gasteiger charge is -2.26. The molecule has 0 fully saturated rings. The summed E-state index contributed by atoms with van der Waals surface area (Å²) in [6.45, 7) is 4.30. The van der Waals surface area contributed by atoms with E-state index in [4.69, 9.17) is 4.74 Å². The topological polar surface area (TPSA) is 67.4 Å². The number of hydrogen-bond acceptors (Lipinski definition) is 4. The van der Waals surface area contributed by atoms with Crippen LogP contribution in [0.2, 0.25) is 0 Å². The number of para-hydroxylation sites is 1. The highest BCUT2D eigenvalue weighted by Gasteiger charge is 2.25. The molecule has 0 aromatic heterocycles. The van der Waals surface area contributed by atoms with Crippen LogP contribution >= 0.6 is 0 Å². The number of hydrogen-bond donors (Lipinski definition) is 2. The van der Waals surface area contributed by atoms with Gasteiger partial charge < -0.3 is 10.1 Å². The van der Waals surface area contributed by atoms with Crippen molar-refractivity contribution in [1.82, 2.24) is 10.0 Å². The molecule has 2 rings (SSSR count). The molecule has 0 saturated carbocycles. The van der Waals surface area contributed by atoms with Gasteiger partial charge in [-0.3, -0.25) is 0 Å². The molecule has 1 aromatic rings. The molecule has 1 aromatic carbocycles. The summed E-state index contributed by atoms with van der Waals surface area (Å²) in [7, 11) is -3.26. The minimum absolute atomic E-state index is 0.156. The van der Waals surface area contributed by atoms with E-state index in [0.29, 0.717) is 19.4 Å². The largest absolute Gasteiger partial charge is 0.493 e. The van der Waals surface area contributed by atoms with Crippen LogP contribution in [-0.2, 0) is 10.0 Å². The number of fused-ring (bicyclic) bond motifs is 1. The number of ether oxygens (including phenoxy) is 1. The van der Waals surface area contributed by atoms with Gasteiger partial charge in [-0.1, -0.05) is 25.1 Å². The van der Waals surface area contributed by atoms with Crippen molar-refractivity contribution in [1.29, 1.82) is 0 Å². The van der Waals surface area contributed by atoms with Gasteiger partial charge in [-0.25, -0.2) is 13.1 Å². The maximum absolute atomic E-state index is 12.2. The first kappa shape index (κ1) is 16.3. The number of benzene rings is 1. The van der Waals surface area contributed by atoms with Crippen LogP contribution in [0.4, 0.5) is 0 Å². The Hall–Kier alpha value is -1.11. The van der Waals surface area contributed by atoms with E-state index in [2.05, 4.69) is 17.0 Å². The van der Waals surface area contributed by atoms with Crippen molar-refractivity contribution in [2.24, 2.45) is 0 Å². The summed E-state index contributed by atoms with van der Waals surface area (Å²) in [5, 5.41) is 3.21. The SMILES string of the molecule is CCCNCCCS(=O)(=O)NC1CCOc2ccccc21. The fourth-order valence-corrected chi connectivity index (χ4v) is 3.75. The van der Waals surface area contributed by atoms with Gasteiger partial charge in [0.2, 0.25) is 10.0 Å². The Labute approximate surface area is 127 Å². The molecule has 1 aliphatic rings. The van der Waals surface area contributed by atoms with Crippen LogP contribution in [0.25, 0.3) is 0 Å². The molecule has 1 unspecified atom stereocenters. The minimum Gasteiger partial charge on any atom is -0.493 e. The lowest BCUT2D eigenvalue weighted by Crippen LogP contribution is -2.34. The van der Waals surface area contributed by atoms with E-state index in [9.17, 15) is 8.42 Å². The van der Waals surface area contributed by atoms with Crippen molar-refractivity contribution in [2.45, 2.75) is 32.2 Å². The van der Waals surface area contributed by atoms with Gasteiger partial charge in [-0.2, -0.15) is 0 Å². The molecule has 2 N–H and O–H groups in total. The number of nitrogens with one attached hydrogen (secondary N) is 2. The monoisotopic (exact) mass is 312 g/mol. The number of rotatable bonds is 8. The van der Waals surface area contributed by atoms with E-state index in [1.165, 1.54) is 0 Å². The Morgan fingerprint density at radius 2 is 2.10 bits per heavy atom. The summed E-state index contributed by atoms with van der Waals surface area (Å²) in [4.78, 5) is 0. The van der Waals surface area contributed by atoms with E-state index in [1.807, 2.05) is 24.3 Å². The van der Waals surface area contributed by atoms with E-state index >= 15 is 0 Å². The second kappa shape index (κ2) is 7.77. The predicted octanol–water partition coefficient (Wildman–Crippen LogP) is 1.82. The van der Waals surface area contributed by atoms with Gasteiger partial charge in [-0.05, 0) is 32.0 Å². The Kier molecular flexibility index (Phi) is 6.02. The van der Waals surface area contributed by atoms with Crippen molar-refractivity contribution in [3.05, 3.63) is 29.8 Å².